The van der Waals surface area contributed by atoms with Crippen molar-refractivity contribution in [2.75, 3.05) is 20.8 Å². The van der Waals surface area contributed by atoms with Crippen molar-refractivity contribution in [3.05, 3.63) is 22.7 Å². The first-order valence-corrected chi connectivity index (χ1v) is 6.74. The second-order valence-electron chi connectivity index (χ2n) is 4.26. The largest absolute Gasteiger partial charge is 0.497 e. The summed E-state index contributed by atoms with van der Waals surface area (Å²) < 4.78 is 16.5. The summed E-state index contributed by atoms with van der Waals surface area (Å²) in [4.78, 5) is 11.4. The van der Waals surface area contributed by atoms with E-state index in [-0.39, 0.29) is 18.1 Å². The van der Waals surface area contributed by atoms with Crippen LogP contribution in [0.2, 0.25) is 0 Å². The van der Waals surface area contributed by atoms with Gasteiger partial charge in [0.15, 0.2) is 0 Å². The number of nitrogens with one attached hydrogen (secondary N) is 1. The fourth-order valence-corrected chi connectivity index (χ4v) is 2.45. The van der Waals surface area contributed by atoms with Crippen LogP contribution in [0, 0.1) is 0 Å². The molecule has 1 N–H and O–H groups in total. The van der Waals surface area contributed by atoms with Crippen LogP contribution in [-0.4, -0.2) is 38.9 Å². The second kappa shape index (κ2) is 6.25. The zero-order valence-corrected chi connectivity index (χ0v) is 12.4. The molecule has 1 fully saturated rings. The lowest BCUT2D eigenvalue weighted by molar-refractivity contribution is -0.142. The van der Waals surface area contributed by atoms with Crippen LogP contribution in [0.4, 0.5) is 0 Å². The fourth-order valence-electron chi connectivity index (χ4n) is 2.00. The van der Waals surface area contributed by atoms with Gasteiger partial charge in [0, 0.05) is 13.0 Å². The van der Waals surface area contributed by atoms with Crippen LogP contribution < -0.4 is 14.8 Å². The third-order valence-electron chi connectivity index (χ3n) is 3.01. The maximum Gasteiger partial charge on any atom is 0.323 e. The molecule has 104 valence electrons. The van der Waals surface area contributed by atoms with Gasteiger partial charge in [0.05, 0.1) is 18.7 Å². The Balaban J connectivity index is 1.97. The van der Waals surface area contributed by atoms with Crippen molar-refractivity contribution in [3.8, 4) is 11.5 Å². The van der Waals surface area contributed by atoms with Crippen molar-refractivity contribution in [1.82, 2.24) is 5.32 Å². The van der Waals surface area contributed by atoms with E-state index in [1.165, 1.54) is 7.11 Å². The molecule has 0 saturated carbocycles. The molecule has 0 unspecified atom stereocenters. The van der Waals surface area contributed by atoms with E-state index in [0.29, 0.717) is 13.0 Å². The summed E-state index contributed by atoms with van der Waals surface area (Å²) in [7, 11) is 3.00. The lowest BCUT2D eigenvalue weighted by Gasteiger charge is -2.14. The van der Waals surface area contributed by atoms with E-state index in [1.54, 1.807) is 7.11 Å². The van der Waals surface area contributed by atoms with E-state index >= 15 is 0 Å². The predicted octanol–water partition coefficient (Wildman–Crippen LogP) is 1.74. The minimum atomic E-state index is -0.285. The highest BCUT2D eigenvalue weighted by molar-refractivity contribution is 9.10. The van der Waals surface area contributed by atoms with Crippen molar-refractivity contribution < 1.29 is 19.0 Å². The predicted molar refractivity (Wildman–Crippen MR) is 73.5 cm³/mol. The number of hydrogen-bond acceptors (Lipinski definition) is 5. The molecule has 2 rings (SSSR count). The van der Waals surface area contributed by atoms with Crippen LogP contribution in [0.25, 0.3) is 0 Å². The second-order valence-corrected chi connectivity index (χ2v) is 5.11. The average Bonchev–Trinajstić information content (AvgIpc) is 2.88. The number of hydrogen-bond donors (Lipinski definition) is 1. The van der Waals surface area contributed by atoms with Crippen LogP contribution >= 0.6 is 15.9 Å². The lowest BCUT2D eigenvalue weighted by atomic mass is 10.2. The molecule has 5 nitrogen and oxygen atoms in total. The van der Waals surface area contributed by atoms with Crippen molar-refractivity contribution in [3.63, 3.8) is 0 Å². The Kier molecular flexibility index (Phi) is 4.66. The third kappa shape index (κ3) is 3.39. The topological polar surface area (TPSA) is 56.8 Å². The van der Waals surface area contributed by atoms with Gasteiger partial charge in [0.25, 0.3) is 0 Å². The molecule has 1 aliphatic heterocycles. The Morgan fingerprint density at radius 3 is 2.84 bits per heavy atom. The summed E-state index contributed by atoms with van der Waals surface area (Å²) in [5.41, 5.74) is 0. The van der Waals surface area contributed by atoms with E-state index in [1.807, 2.05) is 18.2 Å². The quantitative estimate of drug-likeness (QED) is 0.853. The van der Waals surface area contributed by atoms with Crippen molar-refractivity contribution >= 4 is 21.9 Å². The van der Waals surface area contributed by atoms with E-state index in [4.69, 9.17) is 14.2 Å². The molecular formula is C13H16BrNO4. The first kappa shape index (κ1) is 14.1. The molecule has 1 aromatic rings. The van der Waals surface area contributed by atoms with Gasteiger partial charge in [-0.1, -0.05) is 0 Å². The Labute approximate surface area is 120 Å². The van der Waals surface area contributed by atoms with Gasteiger partial charge in [-0.2, -0.15) is 0 Å². The van der Waals surface area contributed by atoms with Gasteiger partial charge in [0.2, 0.25) is 0 Å². The van der Waals surface area contributed by atoms with E-state index in [9.17, 15) is 4.79 Å². The highest BCUT2D eigenvalue weighted by Gasteiger charge is 2.31. The first-order valence-electron chi connectivity index (χ1n) is 5.95. The van der Waals surface area contributed by atoms with Crippen LogP contribution in [0.1, 0.15) is 6.42 Å². The molecule has 0 aliphatic carbocycles. The smallest absolute Gasteiger partial charge is 0.323 e. The van der Waals surface area contributed by atoms with E-state index < -0.39 is 0 Å². The fraction of sp³-hybridized carbons (Fsp3) is 0.462. The van der Waals surface area contributed by atoms with E-state index in [0.717, 1.165) is 16.0 Å². The monoisotopic (exact) mass is 329 g/mol. The van der Waals surface area contributed by atoms with Crippen molar-refractivity contribution in [2.24, 2.45) is 0 Å². The van der Waals surface area contributed by atoms with Gasteiger partial charge in [-0.05, 0) is 34.1 Å². The van der Waals surface area contributed by atoms with Gasteiger partial charge in [0.1, 0.15) is 23.6 Å². The number of rotatable bonds is 4. The summed E-state index contributed by atoms with van der Waals surface area (Å²) in [6, 6.07) is 5.23. The zero-order chi connectivity index (χ0) is 13.8. The summed E-state index contributed by atoms with van der Waals surface area (Å²) in [5.74, 6) is 1.24. The molecule has 0 radical (unpaired) electrons. The molecule has 19 heavy (non-hydrogen) atoms. The Bertz CT molecular complexity index is 466. The highest BCUT2D eigenvalue weighted by Crippen LogP contribution is 2.30. The molecule has 0 bridgehead atoms. The van der Waals surface area contributed by atoms with Gasteiger partial charge in [-0.3, -0.25) is 4.79 Å². The Hall–Kier alpha value is -1.27. The van der Waals surface area contributed by atoms with Crippen molar-refractivity contribution in [2.45, 2.75) is 18.6 Å². The van der Waals surface area contributed by atoms with Crippen LogP contribution in [0.15, 0.2) is 22.7 Å². The summed E-state index contributed by atoms with van der Waals surface area (Å²) in [6.45, 7) is 0.623. The number of carbonyl (C=O) groups excluding carboxylic acids is 1. The number of benzene rings is 1. The molecule has 1 saturated heterocycles. The molecule has 0 aromatic heterocycles. The van der Waals surface area contributed by atoms with Crippen LogP contribution in [0.3, 0.4) is 0 Å². The number of ether oxygens (including phenoxy) is 3. The number of carbonyl (C=O) groups is 1. The Morgan fingerprint density at radius 2 is 2.21 bits per heavy atom. The maximum absolute atomic E-state index is 11.4. The standard InChI is InChI=1S/C13H16BrNO4/c1-17-8-3-4-12(10(14)5-8)19-9-6-11(15-7-9)13(16)18-2/h3-5,9,11,15H,6-7H2,1-2H3/t9-,11+/m1/s1. The maximum atomic E-state index is 11.4. The average molecular weight is 330 g/mol. The molecule has 2 atom stereocenters. The minimum absolute atomic E-state index is 0.0474. The Morgan fingerprint density at radius 1 is 1.42 bits per heavy atom. The molecule has 0 amide bonds. The van der Waals surface area contributed by atoms with Crippen LogP contribution in [0.5, 0.6) is 11.5 Å². The van der Waals surface area contributed by atoms with Gasteiger partial charge >= 0.3 is 5.97 Å². The molecule has 1 aliphatic rings. The SMILES string of the molecule is COC(=O)[C@@H]1C[C@@H](Oc2ccc(OC)cc2Br)CN1. The normalized spacial score (nSPS) is 22.1. The van der Waals surface area contributed by atoms with Gasteiger partial charge in [-0.15, -0.1) is 0 Å². The summed E-state index contributed by atoms with van der Waals surface area (Å²) in [6.07, 6.45) is 0.555. The molecular weight excluding hydrogens is 314 g/mol. The van der Waals surface area contributed by atoms with Crippen LogP contribution in [-0.2, 0) is 9.53 Å². The first-order chi connectivity index (χ1) is 9.13. The minimum Gasteiger partial charge on any atom is -0.497 e. The number of halogens is 1. The summed E-state index contributed by atoms with van der Waals surface area (Å²) in [5, 5.41) is 3.08. The highest BCUT2D eigenvalue weighted by atomic mass is 79.9. The molecule has 6 heteroatoms. The number of esters is 1. The van der Waals surface area contributed by atoms with Crippen molar-refractivity contribution in [1.29, 1.82) is 0 Å². The molecule has 0 spiro atoms. The van der Waals surface area contributed by atoms with Gasteiger partial charge < -0.3 is 19.5 Å². The molecule has 1 heterocycles. The zero-order valence-electron chi connectivity index (χ0n) is 10.8. The van der Waals surface area contributed by atoms with E-state index in [2.05, 4.69) is 21.2 Å². The third-order valence-corrected chi connectivity index (χ3v) is 3.63. The number of methoxy groups -OCH3 is 2. The summed E-state index contributed by atoms with van der Waals surface area (Å²) >= 11 is 3.44. The lowest BCUT2D eigenvalue weighted by Crippen LogP contribution is -2.31. The molecule has 1 aromatic carbocycles. The van der Waals surface area contributed by atoms with Gasteiger partial charge in [-0.25, -0.2) is 0 Å².